The molecule has 6 heteroatoms. The largest absolute Gasteiger partial charge is 0.450 e. The van der Waals surface area contributed by atoms with Gasteiger partial charge in [-0.15, -0.1) is 0 Å². The monoisotopic (exact) mass is 436 g/mol. The summed E-state index contributed by atoms with van der Waals surface area (Å²) < 4.78 is 23.2. The third-order valence-corrected chi connectivity index (χ3v) is 10.2. The molecule has 0 saturated heterocycles. The number of carbonyl (C=O) groups is 3. The minimum Gasteiger partial charge on any atom is -0.450 e. The number of esters is 1. The number of ether oxygens (including phenoxy) is 1. The van der Waals surface area contributed by atoms with E-state index < -0.39 is 40.1 Å². The van der Waals surface area contributed by atoms with Crippen molar-refractivity contribution in [2.24, 2.45) is 34.5 Å². The van der Waals surface area contributed by atoms with Crippen molar-refractivity contribution in [3.63, 3.8) is 0 Å². The van der Waals surface area contributed by atoms with Crippen molar-refractivity contribution in [2.75, 3.05) is 0 Å². The molecule has 0 amide bonds. The SMILES string of the molecule is CCC(=O)O[C@@]1(C(C)=O)[C@@H](C)C[C@H]2[C@@H]3CC[C@@H]4CC(=O)CC[C@]4(C)[C@@]3(F)[C@@H](O)C[C@@]21C. The Balaban J connectivity index is 1.80. The number of carbonyl (C=O) groups excluding carboxylic acids is 3. The fraction of sp³-hybridized carbons (Fsp3) is 0.880. The van der Waals surface area contributed by atoms with Crippen LogP contribution in [0.4, 0.5) is 4.39 Å². The first-order chi connectivity index (χ1) is 14.4. The van der Waals surface area contributed by atoms with Crippen molar-refractivity contribution in [2.45, 2.75) is 103 Å². The van der Waals surface area contributed by atoms with Gasteiger partial charge in [0, 0.05) is 36.0 Å². The Morgan fingerprint density at radius 1 is 1.19 bits per heavy atom. The molecule has 0 aliphatic heterocycles. The zero-order chi connectivity index (χ0) is 23.0. The van der Waals surface area contributed by atoms with Crippen molar-refractivity contribution < 1.29 is 28.6 Å². The molecule has 4 aliphatic rings. The lowest BCUT2D eigenvalue weighted by atomic mass is 9.42. The van der Waals surface area contributed by atoms with Crippen LogP contribution in [0.1, 0.15) is 86.0 Å². The quantitative estimate of drug-likeness (QED) is 0.671. The maximum absolute atomic E-state index is 17.2. The summed E-state index contributed by atoms with van der Waals surface area (Å²) in [4.78, 5) is 37.6. The van der Waals surface area contributed by atoms with Gasteiger partial charge in [-0.2, -0.15) is 0 Å². The lowest BCUT2D eigenvalue weighted by Crippen LogP contribution is -2.71. The van der Waals surface area contributed by atoms with E-state index >= 15 is 4.39 Å². The first kappa shape index (κ1) is 22.9. The number of rotatable bonds is 3. The first-order valence-corrected chi connectivity index (χ1v) is 12.0. The van der Waals surface area contributed by atoms with Gasteiger partial charge in [0.05, 0.1) is 6.10 Å². The van der Waals surface area contributed by atoms with E-state index in [4.69, 9.17) is 4.74 Å². The molecule has 9 atom stereocenters. The lowest BCUT2D eigenvalue weighted by molar-refractivity contribution is -0.257. The Hall–Kier alpha value is -1.30. The van der Waals surface area contributed by atoms with Gasteiger partial charge in [0.25, 0.3) is 0 Å². The van der Waals surface area contributed by atoms with E-state index in [0.29, 0.717) is 32.1 Å². The van der Waals surface area contributed by atoms with Gasteiger partial charge >= 0.3 is 5.97 Å². The molecular weight excluding hydrogens is 399 g/mol. The average molecular weight is 437 g/mol. The van der Waals surface area contributed by atoms with Crippen LogP contribution in [0.5, 0.6) is 0 Å². The molecule has 0 radical (unpaired) electrons. The topological polar surface area (TPSA) is 80.7 Å². The number of aliphatic hydroxyl groups is 1. The summed E-state index contributed by atoms with van der Waals surface area (Å²) in [6, 6.07) is 0. The van der Waals surface area contributed by atoms with Crippen LogP contribution < -0.4 is 0 Å². The maximum Gasteiger partial charge on any atom is 0.306 e. The molecule has 0 aromatic carbocycles. The number of ketones is 2. The van der Waals surface area contributed by atoms with E-state index in [1.54, 1.807) is 6.92 Å². The molecule has 0 aromatic rings. The molecular formula is C25H37FO5. The molecule has 31 heavy (non-hydrogen) atoms. The van der Waals surface area contributed by atoms with Crippen LogP contribution in [0.3, 0.4) is 0 Å². The molecule has 4 aliphatic carbocycles. The standard InChI is InChI=1S/C25H37FO5/c1-6-21(30)31-25(15(3)27)14(2)11-19-18-8-7-16-12-17(28)9-10-22(16,4)24(18,26)20(29)13-23(19,25)5/h14,16,18-20,29H,6-13H2,1-5H3/t14-,16+,18-,19-,20-,22-,23-,24-,25+/m0/s1. The van der Waals surface area contributed by atoms with Crippen LogP contribution >= 0.6 is 0 Å². The van der Waals surface area contributed by atoms with Crippen LogP contribution in [-0.2, 0) is 19.1 Å². The lowest BCUT2D eigenvalue weighted by Gasteiger charge is -2.65. The van der Waals surface area contributed by atoms with Crippen LogP contribution in [0.15, 0.2) is 0 Å². The highest BCUT2D eigenvalue weighted by atomic mass is 19.1. The molecule has 0 spiro atoms. The van der Waals surface area contributed by atoms with Crippen molar-refractivity contribution in [3.05, 3.63) is 0 Å². The number of fused-ring (bicyclic) bond motifs is 5. The predicted molar refractivity (Wildman–Crippen MR) is 113 cm³/mol. The number of hydrogen-bond donors (Lipinski definition) is 1. The number of hydrogen-bond acceptors (Lipinski definition) is 5. The maximum atomic E-state index is 17.2. The second-order valence-corrected chi connectivity index (χ2v) is 11.3. The van der Waals surface area contributed by atoms with Gasteiger partial charge in [0.15, 0.2) is 11.4 Å². The molecule has 0 aromatic heterocycles. The normalized spacial score (nSPS) is 51.5. The molecule has 4 rings (SSSR count). The van der Waals surface area contributed by atoms with Crippen molar-refractivity contribution in [1.82, 2.24) is 0 Å². The minimum atomic E-state index is -1.80. The zero-order valence-electron chi connectivity index (χ0n) is 19.5. The van der Waals surface area contributed by atoms with Crippen LogP contribution in [0.25, 0.3) is 0 Å². The summed E-state index contributed by atoms with van der Waals surface area (Å²) in [7, 11) is 0. The van der Waals surface area contributed by atoms with Crippen LogP contribution in [0.2, 0.25) is 0 Å². The highest BCUT2D eigenvalue weighted by Gasteiger charge is 2.77. The Morgan fingerprint density at radius 3 is 2.48 bits per heavy atom. The highest BCUT2D eigenvalue weighted by molar-refractivity contribution is 5.89. The summed E-state index contributed by atoms with van der Waals surface area (Å²) in [6.07, 6.45) is 2.14. The summed E-state index contributed by atoms with van der Waals surface area (Å²) in [6.45, 7) is 8.93. The van der Waals surface area contributed by atoms with Crippen molar-refractivity contribution >= 4 is 17.5 Å². The Morgan fingerprint density at radius 2 is 1.87 bits per heavy atom. The van der Waals surface area contributed by atoms with Gasteiger partial charge in [0.2, 0.25) is 0 Å². The first-order valence-electron chi connectivity index (χ1n) is 12.0. The molecule has 1 N–H and O–H groups in total. The Labute approximate surface area is 184 Å². The van der Waals surface area contributed by atoms with Crippen LogP contribution in [-0.4, -0.2) is 40.0 Å². The number of aliphatic hydroxyl groups excluding tert-OH is 1. The van der Waals surface area contributed by atoms with E-state index in [0.717, 1.165) is 6.42 Å². The van der Waals surface area contributed by atoms with Gasteiger partial charge in [-0.3, -0.25) is 14.4 Å². The summed E-state index contributed by atoms with van der Waals surface area (Å²) in [5.41, 5.74) is -4.72. The number of Topliss-reactive ketones (excluding diaryl/α,β-unsaturated/α-hetero) is 2. The smallest absolute Gasteiger partial charge is 0.306 e. The third-order valence-electron chi connectivity index (χ3n) is 10.2. The summed E-state index contributed by atoms with van der Waals surface area (Å²) in [5, 5.41) is 11.4. The molecule has 4 saturated carbocycles. The fourth-order valence-electron chi connectivity index (χ4n) is 8.66. The molecule has 0 unspecified atom stereocenters. The van der Waals surface area contributed by atoms with E-state index in [2.05, 4.69) is 0 Å². The molecule has 174 valence electrons. The molecule has 0 heterocycles. The van der Waals surface area contributed by atoms with Gasteiger partial charge in [0.1, 0.15) is 11.5 Å². The van der Waals surface area contributed by atoms with E-state index in [9.17, 15) is 19.5 Å². The average Bonchev–Trinajstić information content (AvgIpc) is 2.91. The minimum absolute atomic E-state index is 0.0525. The van der Waals surface area contributed by atoms with Gasteiger partial charge in [-0.05, 0) is 56.8 Å². The van der Waals surface area contributed by atoms with E-state index in [1.807, 2.05) is 20.8 Å². The second-order valence-electron chi connectivity index (χ2n) is 11.3. The zero-order valence-corrected chi connectivity index (χ0v) is 19.5. The number of halogens is 1. The van der Waals surface area contributed by atoms with Crippen LogP contribution in [0, 0.1) is 34.5 Å². The second kappa shape index (κ2) is 7.10. The molecule has 5 nitrogen and oxygen atoms in total. The predicted octanol–water partition coefficient (Wildman–Crippen LogP) is 4.19. The highest BCUT2D eigenvalue weighted by Crippen LogP contribution is 2.72. The third kappa shape index (κ3) is 2.66. The van der Waals surface area contributed by atoms with E-state index in [1.165, 1.54) is 6.92 Å². The van der Waals surface area contributed by atoms with Gasteiger partial charge in [-0.1, -0.05) is 27.7 Å². The number of alkyl halides is 1. The molecule has 0 bridgehead atoms. The fourth-order valence-corrected chi connectivity index (χ4v) is 8.66. The Bertz CT molecular complexity index is 812. The Kier molecular flexibility index (Phi) is 5.24. The summed E-state index contributed by atoms with van der Waals surface area (Å²) >= 11 is 0. The summed E-state index contributed by atoms with van der Waals surface area (Å²) in [5.74, 6) is -1.34. The molecule has 4 fully saturated rings. The van der Waals surface area contributed by atoms with Gasteiger partial charge in [-0.25, -0.2) is 4.39 Å². The van der Waals surface area contributed by atoms with Gasteiger partial charge < -0.3 is 9.84 Å². The van der Waals surface area contributed by atoms with Crippen molar-refractivity contribution in [3.8, 4) is 0 Å². The van der Waals surface area contributed by atoms with E-state index in [-0.39, 0.29) is 42.2 Å². The van der Waals surface area contributed by atoms with Crippen molar-refractivity contribution in [1.29, 1.82) is 0 Å².